The van der Waals surface area contributed by atoms with Gasteiger partial charge in [0, 0.05) is 24.6 Å². The summed E-state index contributed by atoms with van der Waals surface area (Å²) in [6.07, 6.45) is 6.92. The smallest absolute Gasteiger partial charge is 0.220 e. The number of rotatable bonds is 4. The molecule has 4 rings (SSSR count). The number of hydrogen-bond donors (Lipinski definition) is 0. The van der Waals surface area contributed by atoms with Crippen molar-refractivity contribution in [1.82, 2.24) is 9.55 Å². The molecule has 0 radical (unpaired) electrons. The van der Waals surface area contributed by atoms with Crippen molar-refractivity contribution in [2.45, 2.75) is 32.2 Å². The summed E-state index contributed by atoms with van der Waals surface area (Å²) in [5, 5.41) is 3.03. The van der Waals surface area contributed by atoms with E-state index in [4.69, 9.17) is 0 Å². The maximum Gasteiger partial charge on any atom is 0.220 e. The first-order chi connectivity index (χ1) is 12.3. The van der Waals surface area contributed by atoms with Crippen molar-refractivity contribution >= 4 is 22.8 Å². The number of para-hydroxylation sites is 1. The number of thiophene rings is 1. The quantitative estimate of drug-likeness (QED) is 0.656. The molecule has 25 heavy (non-hydrogen) atoms. The van der Waals surface area contributed by atoms with Crippen molar-refractivity contribution in [3.05, 3.63) is 65.6 Å². The molecule has 0 unspecified atom stereocenters. The van der Waals surface area contributed by atoms with Crippen molar-refractivity contribution in [1.29, 1.82) is 0 Å². The highest BCUT2D eigenvalue weighted by atomic mass is 32.1. The Morgan fingerprint density at radius 1 is 1.20 bits per heavy atom. The van der Waals surface area contributed by atoms with E-state index in [1.54, 1.807) is 17.5 Å². The number of nitrogens with zero attached hydrogens (tertiary/aromatic N) is 3. The molecule has 0 saturated heterocycles. The van der Waals surface area contributed by atoms with Gasteiger partial charge in [-0.05, 0) is 55.3 Å². The van der Waals surface area contributed by atoms with Gasteiger partial charge in [0.1, 0.15) is 5.00 Å². The van der Waals surface area contributed by atoms with Crippen LogP contribution in [0, 0.1) is 0 Å². The van der Waals surface area contributed by atoms with Gasteiger partial charge in [0.25, 0.3) is 0 Å². The number of ketones is 1. The Kier molecular flexibility index (Phi) is 4.40. The predicted molar refractivity (Wildman–Crippen MR) is 102 cm³/mol. The third-order valence-electron chi connectivity index (χ3n) is 4.85. The van der Waals surface area contributed by atoms with Crippen LogP contribution in [-0.2, 0) is 6.42 Å². The molecule has 4 nitrogen and oxygen atoms in total. The van der Waals surface area contributed by atoms with Gasteiger partial charge in [-0.3, -0.25) is 9.36 Å². The van der Waals surface area contributed by atoms with Crippen LogP contribution in [-0.4, -0.2) is 27.9 Å². The highest BCUT2D eigenvalue weighted by Gasteiger charge is 2.28. The topological polar surface area (TPSA) is 38.1 Å². The van der Waals surface area contributed by atoms with Crippen molar-refractivity contribution in [3.63, 3.8) is 0 Å². The van der Waals surface area contributed by atoms with E-state index in [0.29, 0.717) is 5.82 Å². The van der Waals surface area contributed by atoms with Crippen molar-refractivity contribution in [3.8, 4) is 5.00 Å². The average molecular weight is 351 g/mol. The molecule has 3 heterocycles. The number of benzene rings is 1. The lowest BCUT2D eigenvalue weighted by Gasteiger charge is -2.30. The zero-order valence-electron chi connectivity index (χ0n) is 14.3. The van der Waals surface area contributed by atoms with E-state index >= 15 is 0 Å². The molecule has 1 atom stereocenters. The number of carbonyl (C=O) groups is 1. The lowest BCUT2D eigenvalue weighted by atomic mass is 10.1. The van der Waals surface area contributed by atoms with Gasteiger partial charge >= 0.3 is 0 Å². The van der Waals surface area contributed by atoms with Crippen LogP contribution in [0.25, 0.3) is 5.00 Å². The molecule has 1 aliphatic rings. The van der Waals surface area contributed by atoms with E-state index in [1.165, 1.54) is 11.3 Å². The number of aryl methyl sites for hydroxylation is 1. The van der Waals surface area contributed by atoms with Gasteiger partial charge in [0.2, 0.25) is 5.78 Å². The average Bonchev–Trinajstić information content (AvgIpc) is 3.28. The van der Waals surface area contributed by atoms with Crippen LogP contribution in [0.1, 0.15) is 35.9 Å². The maximum absolute atomic E-state index is 13.2. The third kappa shape index (κ3) is 3.00. The maximum atomic E-state index is 13.2. The monoisotopic (exact) mass is 351 g/mol. The largest absolute Gasteiger partial charge is 0.361 e. The van der Waals surface area contributed by atoms with Crippen LogP contribution in [0.5, 0.6) is 0 Å². The zero-order valence-corrected chi connectivity index (χ0v) is 15.1. The number of anilines is 1. The van der Waals surface area contributed by atoms with E-state index in [1.807, 2.05) is 35.2 Å². The summed E-state index contributed by atoms with van der Waals surface area (Å²) in [6.45, 7) is 2.90. The Morgan fingerprint density at radius 3 is 2.92 bits per heavy atom. The fraction of sp³-hybridized carbons (Fsp3) is 0.300. The molecule has 128 valence electrons. The summed E-state index contributed by atoms with van der Waals surface area (Å²) in [5.41, 5.74) is 2.52. The van der Waals surface area contributed by atoms with Gasteiger partial charge in [-0.2, -0.15) is 0 Å². The molecule has 0 bridgehead atoms. The molecule has 3 aromatic rings. The number of Topliss-reactive ketones (excluding diaryl/α,β-unsaturated/α-hetero) is 1. The third-order valence-corrected chi connectivity index (χ3v) is 5.72. The number of hydrogen-bond acceptors (Lipinski definition) is 4. The summed E-state index contributed by atoms with van der Waals surface area (Å²) in [5.74, 6) is 0.576. The first-order valence-electron chi connectivity index (χ1n) is 8.71. The van der Waals surface area contributed by atoms with Crippen LogP contribution < -0.4 is 4.90 Å². The molecule has 1 aliphatic heterocycles. The van der Waals surface area contributed by atoms with Gasteiger partial charge in [-0.15, -0.1) is 11.3 Å². The standard InChI is InChI=1S/C20H21N3OS/c1-15(22-12-5-4-8-16-7-2-3-9-17(16)22)19(24)20-21-11-13-23(20)18-10-6-14-25-18/h2-3,6-7,9-11,13-15H,4-5,8,12H2,1H3/t15-/m0/s1. The molecule has 2 aromatic heterocycles. The first-order valence-corrected chi connectivity index (χ1v) is 9.59. The van der Waals surface area contributed by atoms with Crippen molar-refractivity contribution in [2.24, 2.45) is 0 Å². The molecular formula is C20H21N3OS. The Balaban J connectivity index is 1.67. The summed E-state index contributed by atoms with van der Waals surface area (Å²) >= 11 is 1.61. The lowest BCUT2D eigenvalue weighted by molar-refractivity contribution is 0.0952. The van der Waals surface area contributed by atoms with E-state index < -0.39 is 0 Å². The second-order valence-corrected chi connectivity index (χ2v) is 7.32. The Labute approximate surface area is 151 Å². The van der Waals surface area contributed by atoms with E-state index in [9.17, 15) is 4.79 Å². The molecule has 0 aliphatic carbocycles. The van der Waals surface area contributed by atoms with Crippen LogP contribution in [0.4, 0.5) is 5.69 Å². The SMILES string of the molecule is C[C@@H](C(=O)c1nccn1-c1cccs1)N1CCCCc2ccccc21. The minimum absolute atomic E-state index is 0.0649. The molecule has 0 saturated carbocycles. The molecule has 0 spiro atoms. The lowest BCUT2D eigenvalue weighted by Crippen LogP contribution is -2.40. The van der Waals surface area contributed by atoms with Crippen LogP contribution in [0.3, 0.4) is 0 Å². The Hall–Kier alpha value is -2.40. The van der Waals surface area contributed by atoms with Gasteiger partial charge in [0.15, 0.2) is 5.82 Å². The predicted octanol–water partition coefficient (Wildman–Crippen LogP) is 4.35. The van der Waals surface area contributed by atoms with Crippen LogP contribution >= 0.6 is 11.3 Å². The number of fused-ring (bicyclic) bond motifs is 1. The fourth-order valence-electron chi connectivity index (χ4n) is 3.52. The minimum Gasteiger partial charge on any atom is -0.361 e. The molecule has 5 heteroatoms. The van der Waals surface area contributed by atoms with Gasteiger partial charge in [-0.1, -0.05) is 18.2 Å². The second-order valence-electron chi connectivity index (χ2n) is 6.39. The Morgan fingerprint density at radius 2 is 2.08 bits per heavy atom. The normalized spacial score (nSPS) is 15.5. The van der Waals surface area contributed by atoms with Crippen LogP contribution in [0.2, 0.25) is 0 Å². The Bertz CT molecular complexity index is 869. The summed E-state index contributed by atoms with van der Waals surface area (Å²) in [4.78, 5) is 19.8. The van der Waals surface area contributed by atoms with Crippen molar-refractivity contribution in [2.75, 3.05) is 11.4 Å². The molecular weight excluding hydrogens is 330 g/mol. The van der Waals surface area contributed by atoms with E-state index in [0.717, 1.165) is 30.8 Å². The minimum atomic E-state index is -0.236. The van der Waals surface area contributed by atoms with Gasteiger partial charge in [0.05, 0.1) is 6.04 Å². The van der Waals surface area contributed by atoms with E-state index in [-0.39, 0.29) is 11.8 Å². The number of carbonyl (C=O) groups excluding carboxylic acids is 1. The summed E-state index contributed by atoms with van der Waals surface area (Å²) in [6, 6.07) is 12.2. The number of imidazole rings is 1. The van der Waals surface area contributed by atoms with Gasteiger partial charge < -0.3 is 4.90 Å². The fourth-order valence-corrected chi connectivity index (χ4v) is 4.24. The van der Waals surface area contributed by atoms with Crippen LogP contribution in [0.15, 0.2) is 54.2 Å². The molecule has 0 fully saturated rings. The molecule has 0 N–H and O–H groups in total. The summed E-state index contributed by atoms with van der Waals surface area (Å²) in [7, 11) is 0. The molecule has 1 aromatic carbocycles. The molecule has 0 amide bonds. The first kappa shape index (κ1) is 16.1. The summed E-state index contributed by atoms with van der Waals surface area (Å²) < 4.78 is 1.90. The highest BCUT2D eigenvalue weighted by Crippen LogP contribution is 2.29. The number of aromatic nitrogens is 2. The van der Waals surface area contributed by atoms with Crippen molar-refractivity contribution < 1.29 is 4.79 Å². The highest BCUT2D eigenvalue weighted by molar-refractivity contribution is 7.12. The second kappa shape index (κ2) is 6.84. The zero-order chi connectivity index (χ0) is 17.2. The van der Waals surface area contributed by atoms with E-state index in [2.05, 4.69) is 34.1 Å². The van der Waals surface area contributed by atoms with Gasteiger partial charge in [-0.25, -0.2) is 4.98 Å².